The molecular weight excluding hydrogens is 472 g/mol. The summed E-state index contributed by atoms with van der Waals surface area (Å²) in [5, 5.41) is 3.29. The molecule has 2 atom stereocenters. The predicted molar refractivity (Wildman–Crippen MR) is 133 cm³/mol. The molecule has 3 aromatic rings. The van der Waals surface area contributed by atoms with Crippen LogP contribution in [-0.4, -0.2) is 48.1 Å². The van der Waals surface area contributed by atoms with Crippen LogP contribution in [0, 0.1) is 6.92 Å². The van der Waals surface area contributed by atoms with Crippen LogP contribution in [0.2, 0.25) is 0 Å². The average molecular weight is 499 g/mol. The first-order chi connectivity index (χ1) is 16.1. The second-order valence-electron chi connectivity index (χ2n) is 8.99. The number of thiazole rings is 1. The highest BCUT2D eigenvalue weighted by atomic mass is 32.2. The van der Waals surface area contributed by atoms with E-state index in [-0.39, 0.29) is 29.3 Å². The van der Waals surface area contributed by atoms with E-state index in [4.69, 9.17) is 0 Å². The first-order valence-electron chi connectivity index (χ1n) is 11.3. The molecule has 0 spiro atoms. The Kier molecular flexibility index (Phi) is 5.70. The van der Waals surface area contributed by atoms with Crippen LogP contribution in [0.5, 0.6) is 0 Å². The summed E-state index contributed by atoms with van der Waals surface area (Å²) < 4.78 is 29.3. The maximum atomic E-state index is 13.5. The summed E-state index contributed by atoms with van der Waals surface area (Å²) in [6, 6.07) is 9.95. The molecule has 2 aliphatic rings. The molecule has 10 heteroatoms. The topological polar surface area (TPSA) is 99.7 Å². The van der Waals surface area contributed by atoms with Crippen molar-refractivity contribution in [2.75, 3.05) is 16.8 Å². The van der Waals surface area contributed by atoms with Crippen LogP contribution in [0.15, 0.2) is 41.3 Å². The van der Waals surface area contributed by atoms with Crippen molar-refractivity contribution < 1.29 is 18.0 Å². The van der Waals surface area contributed by atoms with Gasteiger partial charge >= 0.3 is 0 Å². The quantitative estimate of drug-likeness (QED) is 0.591. The lowest BCUT2D eigenvalue weighted by molar-refractivity contribution is -0.119. The predicted octanol–water partition coefficient (Wildman–Crippen LogP) is 3.69. The molecular formula is C24H26N4O4S2. The smallest absolute Gasteiger partial charge is 0.244 e. The lowest BCUT2D eigenvalue weighted by Gasteiger charge is -2.24. The zero-order valence-electron chi connectivity index (χ0n) is 19.2. The number of amides is 2. The number of hydrogen-bond donors (Lipinski definition) is 1. The van der Waals surface area contributed by atoms with Gasteiger partial charge in [-0.2, -0.15) is 4.31 Å². The summed E-state index contributed by atoms with van der Waals surface area (Å²) in [5.41, 5.74) is 3.49. The largest absolute Gasteiger partial charge is 0.309 e. The van der Waals surface area contributed by atoms with Crippen LogP contribution in [0.3, 0.4) is 0 Å². The molecule has 34 heavy (non-hydrogen) atoms. The van der Waals surface area contributed by atoms with Gasteiger partial charge in [-0.15, -0.1) is 0 Å². The first-order valence-corrected chi connectivity index (χ1v) is 13.5. The van der Waals surface area contributed by atoms with Gasteiger partial charge in [-0.1, -0.05) is 17.4 Å². The van der Waals surface area contributed by atoms with E-state index in [1.807, 2.05) is 32.0 Å². The summed E-state index contributed by atoms with van der Waals surface area (Å²) in [4.78, 5) is 31.4. The zero-order valence-corrected chi connectivity index (χ0v) is 20.9. The molecule has 1 aromatic heterocycles. The van der Waals surface area contributed by atoms with Crippen LogP contribution >= 0.6 is 11.3 Å². The number of carbonyl (C=O) groups excluding carboxylic acids is 2. The number of nitrogens with zero attached hydrogens (tertiary/aromatic N) is 3. The minimum absolute atomic E-state index is 0.0200. The molecule has 3 heterocycles. The molecule has 0 aliphatic carbocycles. The van der Waals surface area contributed by atoms with Crippen molar-refractivity contribution in [3.63, 3.8) is 0 Å². The Morgan fingerprint density at radius 3 is 2.74 bits per heavy atom. The molecule has 0 saturated carbocycles. The number of aromatic nitrogens is 1. The summed E-state index contributed by atoms with van der Waals surface area (Å²) in [5.74, 6) is -0.433. The van der Waals surface area contributed by atoms with E-state index in [0.29, 0.717) is 24.4 Å². The molecule has 0 bridgehead atoms. The van der Waals surface area contributed by atoms with Crippen molar-refractivity contribution in [3.8, 4) is 0 Å². The van der Waals surface area contributed by atoms with Crippen LogP contribution in [0.4, 0.5) is 10.8 Å². The van der Waals surface area contributed by atoms with E-state index in [1.54, 1.807) is 17.0 Å². The van der Waals surface area contributed by atoms with Gasteiger partial charge in [-0.3, -0.25) is 9.59 Å². The maximum Gasteiger partial charge on any atom is 0.244 e. The molecule has 1 fully saturated rings. The summed E-state index contributed by atoms with van der Waals surface area (Å²) >= 11 is 1.38. The lowest BCUT2D eigenvalue weighted by Crippen LogP contribution is -2.43. The number of fused-ring (bicyclic) bond motifs is 2. The van der Waals surface area contributed by atoms with Crippen LogP contribution in [0.25, 0.3) is 10.2 Å². The fourth-order valence-electron chi connectivity index (χ4n) is 4.95. The minimum Gasteiger partial charge on any atom is -0.309 e. The second-order valence-corrected chi connectivity index (χ2v) is 11.9. The van der Waals surface area contributed by atoms with E-state index < -0.39 is 16.1 Å². The van der Waals surface area contributed by atoms with Gasteiger partial charge in [0.15, 0.2) is 5.13 Å². The number of benzene rings is 2. The van der Waals surface area contributed by atoms with Gasteiger partial charge in [-0.25, -0.2) is 13.4 Å². The fraction of sp³-hybridized carbons (Fsp3) is 0.375. The summed E-state index contributed by atoms with van der Waals surface area (Å²) in [6.45, 7) is 5.73. The van der Waals surface area contributed by atoms with Gasteiger partial charge in [0.25, 0.3) is 0 Å². The van der Waals surface area contributed by atoms with Crippen molar-refractivity contribution in [1.29, 1.82) is 0 Å². The second kappa shape index (κ2) is 8.44. The van der Waals surface area contributed by atoms with Crippen molar-refractivity contribution >= 4 is 54.2 Å². The average Bonchev–Trinajstić information content (AvgIpc) is 3.48. The van der Waals surface area contributed by atoms with E-state index in [2.05, 4.69) is 10.3 Å². The van der Waals surface area contributed by atoms with Gasteiger partial charge in [0, 0.05) is 25.2 Å². The monoisotopic (exact) mass is 498 g/mol. The third-order valence-electron chi connectivity index (χ3n) is 6.49. The number of nitrogens with one attached hydrogen (secondary N) is 1. The number of hydrogen-bond acceptors (Lipinski definition) is 6. The molecule has 8 nitrogen and oxygen atoms in total. The molecule has 2 unspecified atom stereocenters. The number of sulfonamides is 1. The van der Waals surface area contributed by atoms with Gasteiger partial charge in [0.05, 0.1) is 15.1 Å². The van der Waals surface area contributed by atoms with Gasteiger partial charge in [0.2, 0.25) is 21.8 Å². The number of carbonyl (C=O) groups is 2. The van der Waals surface area contributed by atoms with Crippen LogP contribution < -0.4 is 10.2 Å². The third-order valence-corrected chi connectivity index (χ3v) is 9.33. The van der Waals surface area contributed by atoms with E-state index >= 15 is 0 Å². The van der Waals surface area contributed by atoms with Gasteiger partial charge in [0.1, 0.15) is 6.04 Å². The van der Waals surface area contributed by atoms with Crippen molar-refractivity contribution in [2.45, 2.75) is 57.0 Å². The highest BCUT2D eigenvalue weighted by Gasteiger charge is 2.40. The Morgan fingerprint density at radius 1 is 1.18 bits per heavy atom. The maximum absolute atomic E-state index is 13.5. The van der Waals surface area contributed by atoms with Gasteiger partial charge < -0.3 is 10.2 Å². The first kappa shape index (κ1) is 22.9. The van der Waals surface area contributed by atoms with Crippen LogP contribution in [-0.2, 0) is 26.0 Å². The highest BCUT2D eigenvalue weighted by molar-refractivity contribution is 7.89. The highest BCUT2D eigenvalue weighted by Crippen LogP contribution is 2.36. The van der Waals surface area contributed by atoms with Crippen molar-refractivity contribution in [1.82, 2.24) is 9.29 Å². The van der Waals surface area contributed by atoms with Crippen LogP contribution in [0.1, 0.15) is 37.8 Å². The lowest BCUT2D eigenvalue weighted by atomic mass is 10.1. The summed E-state index contributed by atoms with van der Waals surface area (Å²) in [6.07, 6.45) is 1.66. The molecule has 178 valence electrons. The number of anilines is 2. The van der Waals surface area contributed by atoms with Crippen molar-refractivity contribution in [2.24, 2.45) is 0 Å². The molecule has 2 amide bonds. The number of aryl methyl sites for hydroxylation is 1. The van der Waals surface area contributed by atoms with E-state index in [0.717, 1.165) is 27.0 Å². The Morgan fingerprint density at radius 2 is 1.97 bits per heavy atom. The normalized spacial score (nSPS) is 20.6. The summed E-state index contributed by atoms with van der Waals surface area (Å²) in [7, 11) is -3.88. The Labute approximate surface area is 202 Å². The Bertz CT molecular complexity index is 1420. The molecule has 1 saturated heterocycles. The molecule has 0 radical (unpaired) electrons. The molecule has 2 aliphatic heterocycles. The Balaban J connectivity index is 1.39. The van der Waals surface area contributed by atoms with Gasteiger partial charge in [-0.05, 0) is 74.6 Å². The fourth-order valence-corrected chi connectivity index (χ4v) is 7.62. The zero-order chi connectivity index (χ0) is 24.2. The SMILES string of the molecule is CC(=O)N1c2ccc(S(=O)(=O)N3CCCC3C(=O)Nc3nc4ccc(C)cc4s3)cc2CC1C. The van der Waals surface area contributed by atoms with E-state index in [9.17, 15) is 18.0 Å². The standard InChI is InChI=1S/C24H26N4O4S2/c1-14-6-8-19-22(11-14)33-24(25-19)26-23(30)21-5-4-10-27(21)34(31,32)18-7-9-20-17(13-18)12-15(2)28(20)16(3)29/h6-9,11,13,15,21H,4-5,10,12H2,1-3H3,(H,25,26,30). The third kappa shape index (κ3) is 3.89. The molecule has 5 rings (SSSR count). The molecule has 2 aromatic carbocycles. The Hall–Kier alpha value is -2.82. The minimum atomic E-state index is -3.88. The van der Waals surface area contributed by atoms with E-state index in [1.165, 1.54) is 28.6 Å². The number of rotatable bonds is 4. The molecule has 1 N–H and O–H groups in total. The van der Waals surface area contributed by atoms with Crippen molar-refractivity contribution in [3.05, 3.63) is 47.5 Å².